The molecule has 2 atom stereocenters. The van der Waals surface area contributed by atoms with Gasteiger partial charge in [-0.05, 0) is 26.3 Å². The van der Waals surface area contributed by atoms with Crippen molar-refractivity contribution in [2.75, 3.05) is 20.3 Å². The molecule has 0 rings (SSSR count). The normalized spacial score (nSPS) is 17.2. The molecule has 0 spiro atoms. The summed E-state index contributed by atoms with van der Waals surface area (Å²) in [6.45, 7) is 4.62. The first kappa shape index (κ1) is 15.3. The molecule has 0 radical (unpaired) electrons. The second-order valence-electron chi connectivity index (χ2n) is 4.34. The monoisotopic (exact) mass is 229 g/mol. The van der Waals surface area contributed by atoms with Gasteiger partial charge < -0.3 is 20.6 Å². The summed E-state index contributed by atoms with van der Waals surface area (Å²) in [7, 11) is 2.05. The molecule has 16 heavy (non-hydrogen) atoms. The van der Waals surface area contributed by atoms with Crippen molar-refractivity contribution in [3.63, 3.8) is 0 Å². The lowest BCUT2D eigenvalue weighted by Crippen LogP contribution is -2.86. The molecular weight excluding hydrogens is 204 g/mol. The van der Waals surface area contributed by atoms with Crippen molar-refractivity contribution in [2.45, 2.75) is 38.3 Å². The maximum Gasteiger partial charge on any atom is 0.0856 e. The fraction of sp³-hybridized carbons (Fsp3) is 0.750. The maximum absolute atomic E-state index is 8.81. The predicted octanol–water partition coefficient (Wildman–Crippen LogP) is 0.322. The lowest BCUT2D eigenvalue weighted by atomic mass is 9.93. The summed E-state index contributed by atoms with van der Waals surface area (Å²) in [5.41, 5.74) is -0.256. The molecule has 94 valence electrons. The van der Waals surface area contributed by atoms with Crippen LogP contribution in [0.4, 0.5) is 0 Å². The van der Waals surface area contributed by atoms with E-state index in [4.69, 9.17) is 15.3 Å². The van der Waals surface area contributed by atoms with Gasteiger partial charge in [-0.2, -0.15) is 0 Å². The minimum atomic E-state index is -0.256. The van der Waals surface area contributed by atoms with Gasteiger partial charge in [0.05, 0.1) is 31.9 Å². The van der Waals surface area contributed by atoms with Gasteiger partial charge in [-0.1, -0.05) is 6.08 Å². The van der Waals surface area contributed by atoms with Crippen molar-refractivity contribution in [3.8, 4) is 0 Å². The van der Waals surface area contributed by atoms with Crippen LogP contribution in [-0.4, -0.2) is 43.2 Å². The molecule has 4 nitrogen and oxygen atoms in total. The summed E-state index contributed by atoms with van der Waals surface area (Å²) in [4.78, 5) is 0. The molecule has 0 bridgehead atoms. The van der Waals surface area contributed by atoms with Crippen LogP contribution in [-0.2, 0) is 4.74 Å². The first-order valence-corrected chi connectivity index (χ1v) is 5.78. The molecule has 0 aromatic carbocycles. The van der Waals surface area contributed by atoms with E-state index in [1.165, 1.54) is 6.21 Å². The van der Waals surface area contributed by atoms with E-state index < -0.39 is 0 Å². The SMILES string of the molecule is C[NH2+]C(C)CC(C)(CC=CC=N)OCCO. The van der Waals surface area contributed by atoms with Crippen molar-refractivity contribution in [3.05, 3.63) is 12.2 Å². The van der Waals surface area contributed by atoms with E-state index in [1.54, 1.807) is 6.08 Å². The molecule has 0 aromatic heterocycles. The molecule has 2 unspecified atom stereocenters. The fourth-order valence-electron chi connectivity index (χ4n) is 1.68. The van der Waals surface area contributed by atoms with Crippen molar-refractivity contribution < 1.29 is 15.2 Å². The van der Waals surface area contributed by atoms with Crippen LogP contribution in [0, 0.1) is 5.41 Å². The Morgan fingerprint density at radius 2 is 2.25 bits per heavy atom. The van der Waals surface area contributed by atoms with Gasteiger partial charge >= 0.3 is 0 Å². The second-order valence-corrected chi connectivity index (χ2v) is 4.34. The Bertz CT molecular complexity index is 219. The summed E-state index contributed by atoms with van der Waals surface area (Å²) in [6.07, 6.45) is 6.60. The van der Waals surface area contributed by atoms with Crippen LogP contribution in [0.2, 0.25) is 0 Å². The molecule has 0 aliphatic heterocycles. The van der Waals surface area contributed by atoms with Gasteiger partial charge in [0.15, 0.2) is 0 Å². The van der Waals surface area contributed by atoms with Gasteiger partial charge in [-0.3, -0.25) is 0 Å². The molecule has 0 heterocycles. The molecule has 0 fully saturated rings. The van der Waals surface area contributed by atoms with Crippen molar-refractivity contribution in [1.82, 2.24) is 0 Å². The number of quaternary nitrogens is 1. The van der Waals surface area contributed by atoms with Gasteiger partial charge in [-0.25, -0.2) is 0 Å². The Hall–Kier alpha value is -0.710. The third-order valence-corrected chi connectivity index (χ3v) is 2.65. The molecule has 0 aliphatic carbocycles. The Balaban J connectivity index is 4.33. The summed E-state index contributed by atoms with van der Waals surface area (Å²) in [5, 5.41) is 17.9. The zero-order chi connectivity index (χ0) is 12.4. The molecular formula is C12H25N2O2+. The Morgan fingerprint density at radius 1 is 1.56 bits per heavy atom. The van der Waals surface area contributed by atoms with Gasteiger partial charge in [-0.15, -0.1) is 0 Å². The number of nitrogens with one attached hydrogen (secondary N) is 1. The predicted molar refractivity (Wildman–Crippen MR) is 65.9 cm³/mol. The van der Waals surface area contributed by atoms with Crippen LogP contribution in [0.1, 0.15) is 26.7 Å². The molecule has 0 saturated heterocycles. The van der Waals surface area contributed by atoms with E-state index in [1.807, 2.05) is 13.1 Å². The number of allylic oxidation sites excluding steroid dienone is 1. The Labute approximate surface area is 98.2 Å². The number of aliphatic hydroxyl groups excluding tert-OH is 1. The van der Waals surface area contributed by atoms with E-state index in [0.717, 1.165) is 12.8 Å². The van der Waals surface area contributed by atoms with Gasteiger partial charge in [0.2, 0.25) is 0 Å². The van der Waals surface area contributed by atoms with Crippen LogP contribution in [0.15, 0.2) is 12.2 Å². The van der Waals surface area contributed by atoms with Gasteiger partial charge in [0.25, 0.3) is 0 Å². The largest absolute Gasteiger partial charge is 0.394 e. The lowest BCUT2D eigenvalue weighted by Gasteiger charge is -2.30. The highest BCUT2D eigenvalue weighted by Gasteiger charge is 2.27. The van der Waals surface area contributed by atoms with Crippen LogP contribution in [0.25, 0.3) is 0 Å². The number of hydrogen-bond donors (Lipinski definition) is 3. The third kappa shape index (κ3) is 6.71. The fourth-order valence-corrected chi connectivity index (χ4v) is 1.68. The van der Waals surface area contributed by atoms with Crippen LogP contribution in [0.3, 0.4) is 0 Å². The highest BCUT2D eigenvalue weighted by molar-refractivity contribution is 5.67. The minimum Gasteiger partial charge on any atom is -0.394 e. The third-order valence-electron chi connectivity index (χ3n) is 2.65. The minimum absolute atomic E-state index is 0.0497. The zero-order valence-corrected chi connectivity index (χ0v) is 10.6. The molecule has 0 amide bonds. The Kier molecular flexibility index (Phi) is 8.07. The summed E-state index contributed by atoms with van der Waals surface area (Å²) in [6, 6.07) is 0.483. The lowest BCUT2D eigenvalue weighted by molar-refractivity contribution is -0.662. The van der Waals surface area contributed by atoms with E-state index in [9.17, 15) is 0 Å². The number of nitrogens with two attached hydrogens (primary N) is 1. The molecule has 0 saturated carbocycles. The molecule has 0 aromatic rings. The highest BCUT2D eigenvalue weighted by atomic mass is 16.5. The average molecular weight is 229 g/mol. The number of hydrogen-bond acceptors (Lipinski definition) is 3. The second kappa shape index (κ2) is 8.44. The van der Waals surface area contributed by atoms with E-state index in [0.29, 0.717) is 12.6 Å². The number of aliphatic hydroxyl groups is 1. The smallest absolute Gasteiger partial charge is 0.0856 e. The van der Waals surface area contributed by atoms with E-state index >= 15 is 0 Å². The van der Waals surface area contributed by atoms with E-state index in [-0.39, 0.29) is 12.2 Å². The first-order chi connectivity index (χ1) is 7.58. The van der Waals surface area contributed by atoms with Gasteiger partial charge in [0.1, 0.15) is 0 Å². The van der Waals surface area contributed by atoms with E-state index in [2.05, 4.69) is 19.2 Å². The number of rotatable bonds is 9. The first-order valence-electron chi connectivity index (χ1n) is 5.78. The molecule has 0 aliphatic rings. The summed E-state index contributed by atoms with van der Waals surface area (Å²) < 4.78 is 5.70. The molecule has 4 heteroatoms. The van der Waals surface area contributed by atoms with Crippen molar-refractivity contribution >= 4 is 6.21 Å². The van der Waals surface area contributed by atoms with Crippen LogP contribution in [0.5, 0.6) is 0 Å². The van der Waals surface area contributed by atoms with Crippen molar-refractivity contribution in [2.24, 2.45) is 0 Å². The Morgan fingerprint density at radius 3 is 2.75 bits per heavy atom. The standard InChI is InChI=1S/C12H24N2O2/c1-11(14-3)10-12(2,16-9-8-15)6-4-5-7-13/h4-5,7,11,13-15H,6,8-10H2,1-3H3/p+1. The summed E-state index contributed by atoms with van der Waals surface area (Å²) >= 11 is 0. The van der Waals surface area contributed by atoms with Crippen LogP contribution < -0.4 is 5.32 Å². The zero-order valence-electron chi connectivity index (χ0n) is 10.6. The average Bonchev–Trinajstić information content (AvgIpc) is 2.27. The summed E-state index contributed by atoms with van der Waals surface area (Å²) in [5.74, 6) is 0. The topological polar surface area (TPSA) is 69.9 Å². The maximum atomic E-state index is 8.81. The van der Waals surface area contributed by atoms with Crippen molar-refractivity contribution in [1.29, 1.82) is 5.41 Å². The highest BCUT2D eigenvalue weighted by Crippen LogP contribution is 2.21. The van der Waals surface area contributed by atoms with Crippen LogP contribution >= 0.6 is 0 Å². The quantitative estimate of drug-likeness (QED) is 0.498. The number of ether oxygens (including phenoxy) is 1. The van der Waals surface area contributed by atoms with Gasteiger partial charge in [0, 0.05) is 12.6 Å². The molecule has 4 N–H and O–H groups in total.